The van der Waals surface area contributed by atoms with Crippen molar-refractivity contribution in [1.82, 2.24) is 31.4 Å². The molecule has 0 radical (unpaired) electrons. The Balaban J connectivity index is 1.34. The summed E-state index contributed by atoms with van der Waals surface area (Å²) >= 11 is 0. The predicted octanol–water partition coefficient (Wildman–Crippen LogP) is 1.62. The molecule has 1 saturated carbocycles. The second kappa shape index (κ2) is 6.61. The molecule has 3 fully saturated rings. The highest BCUT2D eigenvalue weighted by Crippen LogP contribution is 2.69. The second-order valence-corrected chi connectivity index (χ2v) is 11.6. The molecule has 1 aromatic heterocycles. The number of piperidine rings is 1. The predicted molar refractivity (Wildman–Crippen MR) is 132 cm³/mol. The topological polar surface area (TPSA) is 106 Å². The number of hydrogen-bond acceptors (Lipinski definition) is 8. The zero-order chi connectivity index (χ0) is 23.8. The molecule has 9 nitrogen and oxygen atoms in total. The molecule has 3 aromatic rings. The highest BCUT2D eigenvalue weighted by Gasteiger charge is 2.73. The molecule has 4 heterocycles. The fourth-order valence-corrected chi connectivity index (χ4v) is 8.40. The number of likely N-dealkylation sites (tertiary alicyclic amines) is 1. The lowest BCUT2D eigenvalue weighted by atomic mass is 9.49. The second-order valence-electron chi connectivity index (χ2n) is 11.6. The first-order valence-electron chi connectivity index (χ1n) is 13.2. The molecule has 1 unspecified atom stereocenters. The molecule has 4 atom stereocenters. The molecular weight excluding hydrogens is 456 g/mol. The van der Waals surface area contributed by atoms with Gasteiger partial charge in [-0.2, -0.15) is 11.1 Å². The SMILES string of the molecule is Oc1ccc2c3c1O[C@H]1c4c(c5ccccc5n4C4NNNN4)C[C@@]4(O)C(C2)N(CC2CC2)CC[C@]314. The number of rotatable bonds is 3. The van der Waals surface area contributed by atoms with Gasteiger partial charge in [0.2, 0.25) is 0 Å². The molecule has 36 heavy (non-hydrogen) atoms. The van der Waals surface area contributed by atoms with E-state index in [0.29, 0.717) is 12.2 Å². The van der Waals surface area contributed by atoms with Crippen molar-refractivity contribution in [2.24, 2.45) is 5.92 Å². The fraction of sp³-hybridized carbons (Fsp3) is 0.481. The number of phenolic OH excluding ortho intramolecular Hbond substituents is 1. The van der Waals surface area contributed by atoms with Gasteiger partial charge in [0.1, 0.15) is 0 Å². The Hall–Kier alpha value is -2.66. The number of ether oxygens (including phenoxy) is 1. The van der Waals surface area contributed by atoms with Gasteiger partial charge in [0.25, 0.3) is 0 Å². The van der Waals surface area contributed by atoms with Crippen molar-refractivity contribution >= 4 is 10.9 Å². The molecular formula is C27H30N6O3. The molecule has 9 rings (SSSR count). The average molecular weight is 487 g/mol. The largest absolute Gasteiger partial charge is 0.504 e. The molecule has 2 aromatic carbocycles. The third-order valence-electron chi connectivity index (χ3n) is 10.0. The minimum absolute atomic E-state index is 0.0299. The summed E-state index contributed by atoms with van der Waals surface area (Å²) in [7, 11) is 0. The minimum atomic E-state index is -0.980. The van der Waals surface area contributed by atoms with Gasteiger partial charge >= 0.3 is 0 Å². The van der Waals surface area contributed by atoms with Gasteiger partial charge in [-0.3, -0.25) is 4.90 Å². The summed E-state index contributed by atoms with van der Waals surface area (Å²) in [5.74, 6) is 1.50. The molecule has 3 aliphatic carbocycles. The number of aliphatic hydroxyl groups is 1. The third kappa shape index (κ3) is 2.25. The first-order chi connectivity index (χ1) is 17.6. The molecule has 2 saturated heterocycles. The van der Waals surface area contributed by atoms with E-state index in [1.807, 2.05) is 0 Å². The van der Waals surface area contributed by atoms with Crippen LogP contribution in [0.15, 0.2) is 36.4 Å². The highest BCUT2D eigenvalue weighted by atomic mass is 16.5. The van der Waals surface area contributed by atoms with Gasteiger partial charge in [-0.1, -0.05) is 24.3 Å². The standard InChI is InChI=1S/C27H30N6O3/c34-19-8-7-15-11-20-27(35)12-17-16-3-1-2-4-18(16)33(25-28-30-31-29-25)22(17)24-26(27,21(15)23(19)36-24)9-10-32(20)13-14-5-6-14/h1-4,7-8,14,20,24-25,28-31,34-35H,5-6,9-13H2/t20?,24-,26-,27+/m0/s1. The zero-order valence-electron chi connectivity index (χ0n) is 19.9. The summed E-state index contributed by atoms with van der Waals surface area (Å²) < 4.78 is 9.08. The molecule has 0 amide bonds. The molecule has 6 aliphatic rings. The number of aromatic nitrogens is 1. The molecule has 3 aliphatic heterocycles. The van der Waals surface area contributed by atoms with Crippen LogP contribution in [0, 0.1) is 5.92 Å². The molecule has 1 spiro atoms. The first-order valence-corrected chi connectivity index (χ1v) is 13.2. The van der Waals surface area contributed by atoms with E-state index in [2.05, 4.69) is 61.7 Å². The van der Waals surface area contributed by atoms with Crippen LogP contribution in [0.25, 0.3) is 10.9 Å². The van der Waals surface area contributed by atoms with E-state index in [1.54, 1.807) is 6.07 Å². The quantitative estimate of drug-likeness (QED) is 0.332. The number of nitrogens with one attached hydrogen (secondary N) is 4. The molecule has 6 N–H and O–H groups in total. The summed E-state index contributed by atoms with van der Waals surface area (Å²) in [5.41, 5.74) is 16.4. The number of hydrazine groups is 3. The normalized spacial score (nSPS) is 34.6. The van der Waals surface area contributed by atoms with E-state index in [-0.39, 0.29) is 18.1 Å². The van der Waals surface area contributed by atoms with Crippen LogP contribution >= 0.6 is 0 Å². The van der Waals surface area contributed by atoms with E-state index in [4.69, 9.17) is 4.74 Å². The summed E-state index contributed by atoms with van der Waals surface area (Å²) in [4.78, 5) is 2.58. The van der Waals surface area contributed by atoms with Crippen molar-refractivity contribution < 1.29 is 14.9 Å². The van der Waals surface area contributed by atoms with Crippen LogP contribution in [0.4, 0.5) is 0 Å². The van der Waals surface area contributed by atoms with E-state index >= 15 is 0 Å². The number of phenols is 1. The highest BCUT2D eigenvalue weighted by molar-refractivity contribution is 5.87. The van der Waals surface area contributed by atoms with Crippen molar-refractivity contribution in [3.05, 3.63) is 58.8 Å². The summed E-state index contributed by atoms with van der Waals surface area (Å²) in [6.07, 6.45) is 4.14. The lowest BCUT2D eigenvalue weighted by Gasteiger charge is -2.63. The smallest absolute Gasteiger partial charge is 0.166 e. The maximum atomic E-state index is 13.0. The molecule has 9 heteroatoms. The lowest BCUT2D eigenvalue weighted by Crippen LogP contribution is -2.74. The van der Waals surface area contributed by atoms with E-state index in [1.165, 1.54) is 18.4 Å². The Morgan fingerprint density at radius 2 is 1.92 bits per heavy atom. The maximum Gasteiger partial charge on any atom is 0.166 e. The fourth-order valence-electron chi connectivity index (χ4n) is 8.40. The summed E-state index contributed by atoms with van der Waals surface area (Å²) in [6, 6.07) is 12.3. The van der Waals surface area contributed by atoms with Crippen LogP contribution in [0.5, 0.6) is 11.5 Å². The van der Waals surface area contributed by atoms with Crippen molar-refractivity contribution in [3.8, 4) is 11.5 Å². The number of hydrogen-bond donors (Lipinski definition) is 6. The van der Waals surface area contributed by atoms with Crippen molar-refractivity contribution in [3.63, 3.8) is 0 Å². The number of benzene rings is 2. The third-order valence-corrected chi connectivity index (χ3v) is 10.0. The first kappa shape index (κ1) is 20.4. The summed E-state index contributed by atoms with van der Waals surface area (Å²) in [5, 5.41) is 25.1. The zero-order valence-corrected chi connectivity index (χ0v) is 19.9. The van der Waals surface area contributed by atoms with Gasteiger partial charge in [0.15, 0.2) is 23.9 Å². The van der Waals surface area contributed by atoms with E-state index < -0.39 is 17.1 Å². The number of fused-ring (bicyclic) bond motifs is 4. The lowest BCUT2D eigenvalue weighted by molar-refractivity contribution is -0.173. The maximum absolute atomic E-state index is 13.0. The Kier molecular flexibility index (Phi) is 3.74. The van der Waals surface area contributed by atoms with Gasteiger partial charge in [-0.25, -0.2) is 10.9 Å². The Morgan fingerprint density at radius 1 is 1.08 bits per heavy atom. The Labute approximate surface area is 208 Å². The van der Waals surface area contributed by atoms with Crippen LogP contribution < -0.4 is 26.7 Å². The van der Waals surface area contributed by atoms with Gasteiger partial charge in [0, 0.05) is 30.0 Å². The van der Waals surface area contributed by atoms with E-state index in [9.17, 15) is 10.2 Å². The van der Waals surface area contributed by atoms with Crippen molar-refractivity contribution in [1.29, 1.82) is 0 Å². The van der Waals surface area contributed by atoms with Crippen molar-refractivity contribution in [2.75, 3.05) is 13.1 Å². The minimum Gasteiger partial charge on any atom is -0.504 e. The Morgan fingerprint density at radius 3 is 2.75 bits per heavy atom. The van der Waals surface area contributed by atoms with Crippen LogP contribution in [-0.4, -0.2) is 44.4 Å². The van der Waals surface area contributed by atoms with E-state index in [0.717, 1.165) is 59.6 Å². The Bertz CT molecular complexity index is 1450. The monoisotopic (exact) mass is 486 g/mol. The van der Waals surface area contributed by atoms with Crippen molar-refractivity contribution in [2.45, 2.75) is 61.6 Å². The van der Waals surface area contributed by atoms with Crippen LogP contribution in [0.3, 0.4) is 0 Å². The average Bonchev–Trinajstić information content (AvgIpc) is 3.26. The number of nitrogens with zero attached hydrogens (tertiary/aromatic N) is 2. The molecule has 186 valence electrons. The molecule has 2 bridgehead atoms. The van der Waals surface area contributed by atoms with Gasteiger partial charge in [-0.15, -0.1) is 0 Å². The number of para-hydroxylation sites is 1. The van der Waals surface area contributed by atoms with Crippen LogP contribution in [-0.2, 0) is 18.3 Å². The van der Waals surface area contributed by atoms with Crippen LogP contribution in [0.1, 0.15) is 54.0 Å². The van der Waals surface area contributed by atoms with Gasteiger partial charge in [0.05, 0.1) is 22.2 Å². The number of aromatic hydroxyl groups is 1. The van der Waals surface area contributed by atoms with Gasteiger partial charge < -0.3 is 19.5 Å². The van der Waals surface area contributed by atoms with Crippen LogP contribution in [0.2, 0.25) is 0 Å². The summed E-state index contributed by atoms with van der Waals surface area (Å²) in [6.45, 7) is 2.01. The van der Waals surface area contributed by atoms with Gasteiger partial charge in [-0.05, 0) is 61.4 Å².